The van der Waals surface area contributed by atoms with Crippen LogP contribution < -0.4 is 10.9 Å². The van der Waals surface area contributed by atoms with Gasteiger partial charge in [0.2, 0.25) is 0 Å². The highest BCUT2D eigenvalue weighted by atomic mass is 35.5. The third-order valence-corrected chi connectivity index (χ3v) is 5.36. The third kappa shape index (κ3) is 6.28. The predicted molar refractivity (Wildman–Crippen MR) is 129 cm³/mol. The Balaban J connectivity index is 2.10. The van der Waals surface area contributed by atoms with Crippen molar-refractivity contribution in [1.29, 1.82) is 0 Å². The van der Waals surface area contributed by atoms with Gasteiger partial charge in [-0.2, -0.15) is 9.78 Å². The Morgan fingerprint density at radius 2 is 1.88 bits per heavy atom. The SMILES string of the molecule is CC(C)OC[C@H](NC(=O)c1cc(-c2ccc(Cl)cc2)nn(-c2cccc(F)c2)c1=O)C(C)(C)O. The number of halogens is 2. The van der Waals surface area contributed by atoms with Gasteiger partial charge in [-0.25, -0.2) is 4.39 Å². The highest BCUT2D eigenvalue weighted by Crippen LogP contribution is 2.21. The van der Waals surface area contributed by atoms with Gasteiger partial charge in [-0.15, -0.1) is 0 Å². The van der Waals surface area contributed by atoms with Crippen molar-refractivity contribution in [2.75, 3.05) is 6.61 Å². The normalized spacial score (nSPS) is 12.6. The minimum absolute atomic E-state index is 0.0418. The van der Waals surface area contributed by atoms with Crippen molar-refractivity contribution in [1.82, 2.24) is 15.1 Å². The molecule has 0 saturated heterocycles. The molecular formula is C25H27ClFN3O4. The maximum absolute atomic E-state index is 13.9. The average Bonchev–Trinajstić information content (AvgIpc) is 2.76. The van der Waals surface area contributed by atoms with E-state index in [0.29, 0.717) is 16.3 Å². The van der Waals surface area contributed by atoms with Crippen molar-refractivity contribution in [3.8, 4) is 16.9 Å². The number of carbonyl (C=O) groups excluding carboxylic acids is 1. The van der Waals surface area contributed by atoms with E-state index >= 15 is 0 Å². The van der Waals surface area contributed by atoms with E-state index in [0.717, 1.165) is 10.7 Å². The molecule has 0 aliphatic heterocycles. The van der Waals surface area contributed by atoms with E-state index in [2.05, 4.69) is 10.4 Å². The summed E-state index contributed by atoms with van der Waals surface area (Å²) in [5.41, 5.74) is -1.20. The first-order valence-electron chi connectivity index (χ1n) is 10.8. The summed E-state index contributed by atoms with van der Waals surface area (Å²) in [7, 11) is 0. The van der Waals surface area contributed by atoms with Gasteiger partial charge in [-0.1, -0.05) is 29.8 Å². The summed E-state index contributed by atoms with van der Waals surface area (Å²) in [4.78, 5) is 26.5. The van der Waals surface area contributed by atoms with Crippen LogP contribution in [-0.4, -0.2) is 45.1 Å². The smallest absolute Gasteiger partial charge is 0.284 e. The highest BCUT2D eigenvalue weighted by Gasteiger charge is 2.30. The van der Waals surface area contributed by atoms with Gasteiger partial charge in [0.05, 0.1) is 35.7 Å². The molecule has 0 spiro atoms. The van der Waals surface area contributed by atoms with Crippen LogP contribution in [0.3, 0.4) is 0 Å². The van der Waals surface area contributed by atoms with Crippen LogP contribution in [0.4, 0.5) is 4.39 Å². The molecule has 1 amide bonds. The van der Waals surface area contributed by atoms with Crippen molar-refractivity contribution >= 4 is 17.5 Å². The fraction of sp³-hybridized carbons (Fsp3) is 0.320. The molecule has 7 nitrogen and oxygen atoms in total. The van der Waals surface area contributed by atoms with Crippen molar-refractivity contribution < 1.29 is 19.0 Å². The van der Waals surface area contributed by atoms with Crippen LogP contribution in [0.25, 0.3) is 16.9 Å². The molecule has 9 heteroatoms. The van der Waals surface area contributed by atoms with Crippen LogP contribution in [0, 0.1) is 5.82 Å². The van der Waals surface area contributed by atoms with E-state index in [9.17, 15) is 19.1 Å². The summed E-state index contributed by atoms with van der Waals surface area (Å²) >= 11 is 5.99. The maximum atomic E-state index is 13.9. The van der Waals surface area contributed by atoms with Gasteiger partial charge in [0.1, 0.15) is 11.4 Å². The first-order chi connectivity index (χ1) is 16.0. The second-order valence-corrected chi connectivity index (χ2v) is 9.15. The van der Waals surface area contributed by atoms with Crippen LogP contribution in [0.5, 0.6) is 0 Å². The Labute approximate surface area is 202 Å². The molecule has 34 heavy (non-hydrogen) atoms. The Morgan fingerprint density at radius 1 is 1.21 bits per heavy atom. The van der Waals surface area contributed by atoms with Gasteiger partial charge in [-0.05, 0) is 64.1 Å². The minimum atomic E-state index is -1.32. The van der Waals surface area contributed by atoms with Gasteiger partial charge >= 0.3 is 0 Å². The number of rotatable bonds is 8. The first kappa shape index (κ1) is 25.6. The number of carbonyl (C=O) groups is 1. The molecule has 0 unspecified atom stereocenters. The number of nitrogens with one attached hydrogen (secondary N) is 1. The molecule has 3 rings (SSSR count). The number of benzene rings is 2. The minimum Gasteiger partial charge on any atom is -0.388 e. The lowest BCUT2D eigenvalue weighted by Gasteiger charge is -2.30. The molecule has 0 aliphatic carbocycles. The summed E-state index contributed by atoms with van der Waals surface area (Å²) in [6.45, 7) is 6.79. The second-order valence-electron chi connectivity index (χ2n) is 8.71. The molecule has 0 fully saturated rings. The molecule has 1 atom stereocenters. The van der Waals surface area contributed by atoms with Crippen molar-refractivity contribution in [2.45, 2.75) is 45.4 Å². The number of aliphatic hydroxyl groups is 1. The molecule has 0 aliphatic rings. The lowest BCUT2D eigenvalue weighted by atomic mass is 9.99. The molecule has 0 saturated carbocycles. The van der Waals surface area contributed by atoms with Gasteiger partial charge in [0, 0.05) is 10.6 Å². The number of ether oxygens (including phenoxy) is 1. The second kappa shape index (κ2) is 10.5. The van der Waals surface area contributed by atoms with Gasteiger partial charge in [-0.3, -0.25) is 9.59 Å². The zero-order chi connectivity index (χ0) is 25.0. The molecule has 3 aromatic rings. The predicted octanol–water partition coefficient (Wildman–Crippen LogP) is 3.99. The van der Waals surface area contributed by atoms with E-state index in [4.69, 9.17) is 16.3 Å². The largest absolute Gasteiger partial charge is 0.388 e. The molecule has 0 bridgehead atoms. The molecule has 2 aromatic carbocycles. The lowest BCUT2D eigenvalue weighted by Crippen LogP contribution is -2.53. The molecule has 180 valence electrons. The van der Waals surface area contributed by atoms with E-state index in [1.807, 2.05) is 13.8 Å². The van der Waals surface area contributed by atoms with Crippen LogP contribution in [0.1, 0.15) is 38.1 Å². The zero-order valence-corrected chi connectivity index (χ0v) is 20.1. The molecule has 1 aromatic heterocycles. The molecule has 1 heterocycles. The Kier molecular flexibility index (Phi) is 7.86. The lowest BCUT2D eigenvalue weighted by molar-refractivity contribution is -0.0200. The Bertz CT molecular complexity index is 1220. The van der Waals surface area contributed by atoms with E-state index < -0.39 is 28.9 Å². The topological polar surface area (TPSA) is 93.5 Å². The van der Waals surface area contributed by atoms with Gasteiger partial charge in [0.25, 0.3) is 11.5 Å². The van der Waals surface area contributed by atoms with Crippen LogP contribution in [0.2, 0.25) is 5.02 Å². The van der Waals surface area contributed by atoms with Gasteiger partial charge in [0.15, 0.2) is 0 Å². The summed E-state index contributed by atoms with van der Waals surface area (Å²) in [5, 5.41) is 18.1. The quantitative estimate of drug-likeness (QED) is 0.501. The summed E-state index contributed by atoms with van der Waals surface area (Å²) in [6.07, 6.45) is -0.121. The zero-order valence-electron chi connectivity index (χ0n) is 19.4. The van der Waals surface area contributed by atoms with Crippen molar-refractivity contribution in [3.05, 3.63) is 81.4 Å². The van der Waals surface area contributed by atoms with E-state index in [1.54, 1.807) is 38.1 Å². The summed E-state index contributed by atoms with van der Waals surface area (Å²) in [6, 6.07) is 12.6. The molecule has 0 radical (unpaired) electrons. The van der Waals surface area contributed by atoms with Crippen LogP contribution in [-0.2, 0) is 4.74 Å². The standard InChI is InChI=1S/C25H27ClFN3O4/c1-15(2)34-14-22(25(3,4)33)28-23(31)20-13-21(16-8-10-17(26)11-9-16)29-30(24(20)32)19-7-5-6-18(27)12-19/h5-13,15,22,33H,14H2,1-4H3,(H,28,31)/t22-/m0/s1. The summed E-state index contributed by atoms with van der Waals surface area (Å²) in [5.74, 6) is -1.27. The average molecular weight is 488 g/mol. The molecular weight excluding hydrogens is 461 g/mol. The number of amides is 1. The highest BCUT2D eigenvalue weighted by molar-refractivity contribution is 6.30. The maximum Gasteiger partial charge on any atom is 0.284 e. The third-order valence-electron chi connectivity index (χ3n) is 5.10. The number of hydrogen-bond acceptors (Lipinski definition) is 5. The summed E-state index contributed by atoms with van der Waals surface area (Å²) < 4.78 is 20.4. The van der Waals surface area contributed by atoms with E-state index in [1.165, 1.54) is 24.3 Å². The van der Waals surface area contributed by atoms with Crippen LogP contribution in [0.15, 0.2) is 59.4 Å². The van der Waals surface area contributed by atoms with Crippen molar-refractivity contribution in [3.63, 3.8) is 0 Å². The number of hydrogen-bond donors (Lipinski definition) is 2. The Morgan fingerprint density at radius 3 is 2.47 bits per heavy atom. The van der Waals surface area contributed by atoms with Crippen molar-refractivity contribution in [2.24, 2.45) is 0 Å². The monoisotopic (exact) mass is 487 g/mol. The first-order valence-corrected chi connectivity index (χ1v) is 11.1. The van der Waals surface area contributed by atoms with Crippen LogP contribution >= 0.6 is 11.6 Å². The fourth-order valence-electron chi connectivity index (χ4n) is 3.15. The Hall–Kier alpha value is -3.07. The number of aromatic nitrogens is 2. The van der Waals surface area contributed by atoms with Gasteiger partial charge < -0.3 is 15.2 Å². The fourth-order valence-corrected chi connectivity index (χ4v) is 3.27. The molecule has 2 N–H and O–H groups in total. The number of nitrogens with zero attached hydrogens (tertiary/aromatic N) is 2. The van der Waals surface area contributed by atoms with E-state index in [-0.39, 0.29) is 24.0 Å².